The maximum Gasteiger partial charge on any atom is 0.258 e. The number of hydrogen-bond acceptors (Lipinski definition) is 4. The Hall–Kier alpha value is -2.07. The molecule has 3 aromatic rings. The molecular formula is C27H32BrN2O2P. The van der Waals surface area contributed by atoms with Crippen LogP contribution in [0.1, 0.15) is 43.5 Å². The molecule has 1 aliphatic carbocycles. The molecule has 33 heavy (non-hydrogen) atoms. The molecular weight excluding hydrogens is 495 g/mol. The van der Waals surface area contributed by atoms with E-state index in [9.17, 15) is 0 Å². The summed E-state index contributed by atoms with van der Waals surface area (Å²) in [6.45, 7) is 0. The predicted molar refractivity (Wildman–Crippen MR) is 143 cm³/mol. The highest BCUT2D eigenvalue weighted by atomic mass is 79.9. The van der Waals surface area contributed by atoms with Crippen LogP contribution in [0.3, 0.4) is 0 Å². The average Bonchev–Trinajstić information content (AvgIpc) is 2.84. The number of hydrogen-bond donors (Lipinski definition) is 1. The molecule has 0 aromatic heterocycles. The molecule has 3 aromatic carbocycles. The molecule has 0 aliphatic heterocycles. The summed E-state index contributed by atoms with van der Waals surface area (Å²) in [6.07, 6.45) is 5.39. The van der Waals surface area contributed by atoms with Crippen LogP contribution in [0.2, 0.25) is 0 Å². The first-order valence-electron chi connectivity index (χ1n) is 11.6. The zero-order chi connectivity index (χ0) is 23.3. The van der Waals surface area contributed by atoms with E-state index < -0.39 is 13.2 Å². The van der Waals surface area contributed by atoms with E-state index in [0.29, 0.717) is 0 Å². The van der Waals surface area contributed by atoms with E-state index in [1.54, 1.807) is 0 Å². The van der Waals surface area contributed by atoms with Gasteiger partial charge in [-0.25, -0.2) is 0 Å². The SMILES string of the molecule is CN(C)c1ccc([P@@](=O)(OC2CCCCC2)[C@@H](Nc2ccccc2)c2ccc(Br)cc2)cc1. The van der Waals surface area contributed by atoms with Crippen LogP contribution in [0.5, 0.6) is 0 Å². The van der Waals surface area contributed by atoms with Crippen LogP contribution >= 0.6 is 23.3 Å². The van der Waals surface area contributed by atoms with Crippen molar-refractivity contribution in [3.8, 4) is 0 Å². The van der Waals surface area contributed by atoms with Gasteiger partial charge in [0.05, 0.1) is 6.10 Å². The van der Waals surface area contributed by atoms with Gasteiger partial charge in [0, 0.05) is 35.2 Å². The van der Waals surface area contributed by atoms with Crippen LogP contribution in [0, 0.1) is 0 Å². The lowest BCUT2D eigenvalue weighted by molar-refractivity contribution is 0.159. The number of benzene rings is 3. The Kier molecular flexibility index (Phi) is 7.95. The lowest BCUT2D eigenvalue weighted by Crippen LogP contribution is -2.25. The molecule has 1 saturated carbocycles. The molecule has 6 heteroatoms. The van der Waals surface area contributed by atoms with E-state index in [1.807, 2.05) is 97.9 Å². The monoisotopic (exact) mass is 526 g/mol. The van der Waals surface area contributed by atoms with Gasteiger partial charge in [0.2, 0.25) is 0 Å². The van der Waals surface area contributed by atoms with Gasteiger partial charge in [-0.1, -0.05) is 65.5 Å². The summed E-state index contributed by atoms with van der Waals surface area (Å²) in [7, 11) is 0.669. The Labute approximate surface area is 205 Å². The summed E-state index contributed by atoms with van der Waals surface area (Å²) in [4.78, 5) is 2.05. The van der Waals surface area contributed by atoms with Crippen LogP contribution in [0.4, 0.5) is 11.4 Å². The van der Waals surface area contributed by atoms with Crippen LogP contribution in [0.15, 0.2) is 83.3 Å². The van der Waals surface area contributed by atoms with Crippen molar-refractivity contribution in [2.75, 3.05) is 24.3 Å². The maximum atomic E-state index is 15.0. The molecule has 0 amide bonds. The summed E-state index contributed by atoms with van der Waals surface area (Å²) in [6, 6.07) is 26.0. The van der Waals surface area contributed by atoms with Crippen molar-refractivity contribution in [1.29, 1.82) is 0 Å². The summed E-state index contributed by atoms with van der Waals surface area (Å²) in [5, 5.41) is 4.31. The van der Waals surface area contributed by atoms with Crippen LogP contribution in [0.25, 0.3) is 0 Å². The summed E-state index contributed by atoms with van der Waals surface area (Å²) in [5.41, 5.74) is 2.93. The molecule has 2 atom stereocenters. The standard InChI is InChI=1S/C27H32BrN2O2P/c1-30(2)24-17-19-26(20-18-24)33(31,32-25-11-7-4-8-12-25)27(21-13-15-22(28)16-14-21)29-23-9-5-3-6-10-23/h3,5-6,9-10,13-20,25,27,29H,4,7-8,11-12H2,1-2H3/t27-,33-/m1/s1. The molecule has 0 radical (unpaired) electrons. The fourth-order valence-corrected chi connectivity index (χ4v) is 7.23. The molecule has 0 bridgehead atoms. The molecule has 0 heterocycles. The number of para-hydroxylation sites is 1. The lowest BCUT2D eigenvalue weighted by Gasteiger charge is -2.34. The second-order valence-corrected chi connectivity index (χ2v) is 12.2. The fourth-order valence-electron chi connectivity index (χ4n) is 4.32. The quantitative estimate of drug-likeness (QED) is 0.307. The van der Waals surface area contributed by atoms with E-state index in [1.165, 1.54) is 6.42 Å². The molecule has 1 aliphatic rings. The molecule has 0 unspecified atom stereocenters. The highest BCUT2D eigenvalue weighted by Crippen LogP contribution is 2.60. The average molecular weight is 527 g/mol. The van der Waals surface area contributed by atoms with Gasteiger partial charge in [0.25, 0.3) is 7.37 Å². The zero-order valence-electron chi connectivity index (χ0n) is 19.3. The van der Waals surface area contributed by atoms with Gasteiger partial charge in [-0.15, -0.1) is 0 Å². The predicted octanol–water partition coefficient (Wildman–Crippen LogP) is 7.58. The summed E-state index contributed by atoms with van der Waals surface area (Å²) >= 11 is 3.53. The van der Waals surface area contributed by atoms with E-state index in [4.69, 9.17) is 4.52 Å². The topological polar surface area (TPSA) is 41.6 Å². The third-order valence-electron chi connectivity index (χ3n) is 6.19. The first kappa shape index (κ1) is 24.1. The Morgan fingerprint density at radius 1 is 0.909 bits per heavy atom. The molecule has 0 saturated heterocycles. The van der Waals surface area contributed by atoms with E-state index >= 15 is 4.57 Å². The number of anilines is 2. The summed E-state index contributed by atoms with van der Waals surface area (Å²) in [5.74, 6) is -0.500. The Balaban J connectivity index is 1.80. The van der Waals surface area contributed by atoms with Gasteiger partial charge in [0.15, 0.2) is 0 Å². The van der Waals surface area contributed by atoms with Gasteiger partial charge < -0.3 is 14.7 Å². The van der Waals surface area contributed by atoms with Gasteiger partial charge >= 0.3 is 0 Å². The molecule has 1 N–H and O–H groups in total. The van der Waals surface area contributed by atoms with Gasteiger partial charge in [-0.05, 0) is 66.9 Å². The van der Waals surface area contributed by atoms with Crippen molar-refractivity contribution in [2.24, 2.45) is 0 Å². The minimum absolute atomic E-state index is 0.00799. The van der Waals surface area contributed by atoms with Gasteiger partial charge in [-0.3, -0.25) is 4.57 Å². The first-order chi connectivity index (χ1) is 16.0. The minimum Gasteiger partial charge on any atom is -0.378 e. The lowest BCUT2D eigenvalue weighted by atomic mass is 9.98. The Morgan fingerprint density at radius 2 is 1.55 bits per heavy atom. The number of nitrogens with zero attached hydrogens (tertiary/aromatic N) is 1. The number of rotatable bonds is 8. The van der Waals surface area contributed by atoms with E-state index in [-0.39, 0.29) is 6.10 Å². The van der Waals surface area contributed by atoms with Crippen molar-refractivity contribution < 1.29 is 9.09 Å². The van der Waals surface area contributed by atoms with E-state index in [0.717, 1.165) is 52.4 Å². The molecule has 4 nitrogen and oxygen atoms in total. The van der Waals surface area contributed by atoms with Crippen molar-refractivity contribution in [1.82, 2.24) is 0 Å². The van der Waals surface area contributed by atoms with Crippen molar-refractivity contribution >= 4 is 40.0 Å². The smallest absolute Gasteiger partial charge is 0.258 e. The summed E-state index contributed by atoms with van der Waals surface area (Å²) < 4.78 is 22.7. The highest BCUT2D eigenvalue weighted by Gasteiger charge is 2.40. The maximum absolute atomic E-state index is 15.0. The zero-order valence-corrected chi connectivity index (χ0v) is 21.8. The van der Waals surface area contributed by atoms with Crippen LogP contribution < -0.4 is 15.5 Å². The van der Waals surface area contributed by atoms with Gasteiger partial charge in [0.1, 0.15) is 5.78 Å². The molecule has 1 fully saturated rings. The second-order valence-electron chi connectivity index (χ2n) is 8.84. The Bertz CT molecular complexity index is 1070. The van der Waals surface area contributed by atoms with Gasteiger partial charge in [-0.2, -0.15) is 0 Å². The Morgan fingerprint density at radius 3 is 2.15 bits per heavy atom. The third-order valence-corrected chi connectivity index (χ3v) is 9.45. The molecule has 4 rings (SSSR count). The second kappa shape index (κ2) is 10.9. The molecule has 174 valence electrons. The molecule has 0 spiro atoms. The fraction of sp³-hybridized carbons (Fsp3) is 0.333. The van der Waals surface area contributed by atoms with Crippen molar-refractivity contribution in [3.05, 3.63) is 88.9 Å². The third kappa shape index (κ3) is 5.90. The first-order valence-corrected chi connectivity index (χ1v) is 14.1. The van der Waals surface area contributed by atoms with Crippen molar-refractivity contribution in [2.45, 2.75) is 44.0 Å². The van der Waals surface area contributed by atoms with Crippen molar-refractivity contribution in [3.63, 3.8) is 0 Å². The highest BCUT2D eigenvalue weighted by molar-refractivity contribution is 9.10. The largest absolute Gasteiger partial charge is 0.378 e. The van der Waals surface area contributed by atoms with Crippen LogP contribution in [-0.4, -0.2) is 20.2 Å². The normalized spacial score (nSPS) is 17.2. The van der Waals surface area contributed by atoms with E-state index in [2.05, 4.69) is 21.2 Å². The number of halogens is 1. The minimum atomic E-state index is -3.35. The number of nitrogens with one attached hydrogen (secondary N) is 1. The van der Waals surface area contributed by atoms with Crippen LogP contribution in [-0.2, 0) is 9.09 Å².